The van der Waals surface area contributed by atoms with Crippen molar-refractivity contribution in [3.05, 3.63) is 23.0 Å². The fraction of sp³-hybridized carbons (Fsp3) is 0.643. The average Bonchev–Trinajstić information content (AvgIpc) is 2.85. The zero-order chi connectivity index (χ0) is 12.5. The fourth-order valence-corrected chi connectivity index (χ4v) is 3.05. The Morgan fingerprint density at radius 3 is 3.28 bits per heavy atom. The molecular formula is C14H20N2O2. The normalized spacial score (nSPS) is 23.2. The van der Waals surface area contributed by atoms with Gasteiger partial charge in [-0.15, -0.1) is 0 Å². The lowest BCUT2D eigenvalue weighted by molar-refractivity contribution is 0.109. The van der Waals surface area contributed by atoms with Crippen molar-refractivity contribution in [2.45, 2.75) is 38.8 Å². The van der Waals surface area contributed by atoms with Gasteiger partial charge in [0.1, 0.15) is 0 Å². The molecule has 1 fully saturated rings. The molecule has 4 nitrogen and oxygen atoms in total. The number of pyridine rings is 1. The molecule has 2 aliphatic heterocycles. The minimum Gasteiger partial charge on any atom is -0.394 e. The molecule has 1 atom stereocenters. The summed E-state index contributed by atoms with van der Waals surface area (Å²) in [6, 6.07) is 2.40. The molecule has 2 aliphatic rings. The van der Waals surface area contributed by atoms with Crippen molar-refractivity contribution in [1.82, 2.24) is 4.98 Å². The molecule has 1 saturated heterocycles. The van der Waals surface area contributed by atoms with E-state index in [1.54, 1.807) is 0 Å². The number of hydrogen-bond donors (Lipinski definition) is 1. The second-order valence-electron chi connectivity index (χ2n) is 5.18. The van der Waals surface area contributed by atoms with Crippen LogP contribution in [0.15, 0.2) is 6.07 Å². The zero-order valence-corrected chi connectivity index (χ0v) is 10.9. The molecule has 1 aromatic heterocycles. The molecule has 1 N–H and O–H groups in total. The Kier molecular flexibility index (Phi) is 3.22. The van der Waals surface area contributed by atoms with E-state index >= 15 is 0 Å². The topological polar surface area (TPSA) is 45.6 Å². The minimum absolute atomic E-state index is 0.233. The largest absolute Gasteiger partial charge is 0.394 e. The maximum Gasteiger partial charge on any atom is 0.0755 e. The first-order chi connectivity index (χ1) is 8.79. The van der Waals surface area contributed by atoms with Gasteiger partial charge in [0.2, 0.25) is 0 Å². The van der Waals surface area contributed by atoms with E-state index < -0.39 is 0 Å². The molecule has 98 valence electrons. The van der Waals surface area contributed by atoms with E-state index in [1.165, 1.54) is 16.9 Å². The summed E-state index contributed by atoms with van der Waals surface area (Å²) in [5, 5.41) is 9.48. The molecule has 0 saturated carbocycles. The quantitative estimate of drug-likeness (QED) is 0.860. The molecule has 3 rings (SSSR count). The first kappa shape index (κ1) is 11.9. The van der Waals surface area contributed by atoms with Crippen LogP contribution < -0.4 is 4.90 Å². The third-order valence-corrected chi connectivity index (χ3v) is 3.94. The van der Waals surface area contributed by atoms with Gasteiger partial charge in [-0.3, -0.25) is 4.98 Å². The summed E-state index contributed by atoms with van der Waals surface area (Å²) in [5.41, 5.74) is 4.70. The minimum atomic E-state index is 0.233. The molecule has 1 aromatic rings. The van der Waals surface area contributed by atoms with Crippen LogP contribution in [0.3, 0.4) is 0 Å². The van der Waals surface area contributed by atoms with Crippen molar-refractivity contribution in [3.63, 3.8) is 0 Å². The van der Waals surface area contributed by atoms with Gasteiger partial charge in [0.25, 0.3) is 0 Å². The first-order valence-electron chi connectivity index (χ1n) is 6.74. The Morgan fingerprint density at radius 2 is 2.44 bits per heavy atom. The van der Waals surface area contributed by atoms with E-state index in [0.29, 0.717) is 6.61 Å². The lowest BCUT2D eigenvalue weighted by atomic mass is 10.1. The highest BCUT2D eigenvalue weighted by Crippen LogP contribution is 2.32. The maximum atomic E-state index is 9.48. The van der Waals surface area contributed by atoms with Crippen LogP contribution in [0.25, 0.3) is 0 Å². The number of aryl methyl sites for hydroxylation is 1. The van der Waals surface area contributed by atoms with Crippen molar-refractivity contribution in [2.75, 3.05) is 24.7 Å². The summed E-state index contributed by atoms with van der Waals surface area (Å²) < 4.78 is 5.58. The van der Waals surface area contributed by atoms with Crippen LogP contribution in [-0.4, -0.2) is 35.9 Å². The van der Waals surface area contributed by atoms with Crippen molar-refractivity contribution in [1.29, 1.82) is 0 Å². The summed E-state index contributed by atoms with van der Waals surface area (Å²) in [5.74, 6) is 0. The average molecular weight is 248 g/mol. The monoisotopic (exact) mass is 248 g/mol. The van der Waals surface area contributed by atoms with Crippen molar-refractivity contribution in [2.24, 2.45) is 0 Å². The second kappa shape index (κ2) is 4.86. The zero-order valence-electron chi connectivity index (χ0n) is 10.9. The molecule has 0 amide bonds. The number of aromatic nitrogens is 1. The van der Waals surface area contributed by atoms with Gasteiger partial charge in [-0.25, -0.2) is 0 Å². The number of ether oxygens (including phenoxy) is 1. The maximum absolute atomic E-state index is 9.48. The number of anilines is 1. The fourth-order valence-electron chi connectivity index (χ4n) is 3.05. The third kappa shape index (κ3) is 1.99. The molecule has 1 unspecified atom stereocenters. The van der Waals surface area contributed by atoms with Crippen LogP contribution in [0.1, 0.15) is 29.8 Å². The number of fused-ring (bicyclic) bond motifs is 1. The number of rotatable bonds is 2. The molecule has 0 aromatic carbocycles. The van der Waals surface area contributed by atoms with Crippen LogP contribution in [0.5, 0.6) is 0 Å². The van der Waals surface area contributed by atoms with Gasteiger partial charge < -0.3 is 14.7 Å². The predicted octanol–water partition coefficient (Wildman–Crippen LogP) is 1.42. The van der Waals surface area contributed by atoms with Crippen LogP contribution in [0.4, 0.5) is 5.69 Å². The van der Waals surface area contributed by atoms with Gasteiger partial charge >= 0.3 is 0 Å². The SMILES string of the molecule is Cc1cc(N2CCCC2CO)c2c(n1)CCOC2. The van der Waals surface area contributed by atoms with Crippen molar-refractivity contribution >= 4 is 5.69 Å². The summed E-state index contributed by atoms with van der Waals surface area (Å²) in [4.78, 5) is 6.96. The van der Waals surface area contributed by atoms with E-state index in [1.807, 2.05) is 6.92 Å². The number of nitrogens with zero attached hydrogens (tertiary/aromatic N) is 2. The third-order valence-electron chi connectivity index (χ3n) is 3.94. The highest BCUT2D eigenvalue weighted by atomic mass is 16.5. The van der Waals surface area contributed by atoms with E-state index in [-0.39, 0.29) is 12.6 Å². The van der Waals surface area contributed by atoms with Gasteiger partial charge in [-0.2, -0.15) is 0 Å². The van der Waals surface area contributed by atoms with Crippen LogP contribution in [0, 0.1) is 6.92 Å². The molecule has 3 heterocycles. The van der Waals surface area contributed by atoms with Gasteiger partial charge in [0.15, 0.2) is 0 Å². The summed E-state index contributed by atoms with van der Waals surface area (Å²) in [6.45, 7) is 4.74. The number of aliphatic hydroxyl groups is 1. The Bertz CT molecular complexity index is 448. The summed E-state index contributed by atoms with van der Waals surface area (Å²) in [7, 11) is 0. The van der Waals surface area contributed by atoms with E-state index in [9.17, 15) is 5.11 Å². The van der Waals surface area contributed by atoms with Crippen molar-refractivity contribution in [3.8, 4) is 0 Å². The Hall–Kier alpha value is -1.13. The Morgan fingerprint density at radius 1 is 1.56 bits per heavy atom. The highest BCUT2D eigenvalue weighted by molar-refractivity contribution is 5.58. The standard InChI is InChI=1S/C14H20N2O2/c1-10-7-14(16-5-2-3-11(16)8-17)12-9-18-6-4-13(12)15-10/h7,11,17H,2-6,8-9H2,1H3. The van der Waals surface area contributed by atoms with Gasteiger partial charge in [-0.1, -0.05) is 0 Å². The smallest absolute Gasteiger partial charge is 0.0755 e. The van der Waals surface area contributed by atoms with Crippen LogP contribution in [-0.2, 0) is 17.8 Å². The molecule has 0 bridgehead atoms. The van der Waals surface area contributed by atoms with Crippen LogP contribution in [0.2, 0.25) is 0 Å². The predicted molar refractivity (Wildman–Crippen MR) is 69.8 cm³/mol. The van der Waals surface area contributed by atoms with Crippen LogP contribution >= 0.6 is 0 Å². The Balaban J connectivity index is 2.02. The summed E-state index contributed by atoms with van der Waals surface area (Å²) >= 11 is 0. The number of aliphatic hydroxyl groups excluding tert-OH is 1. The Labute approximate surface area is 108 Å². The van der Waals surface area contributed by atoms with Gasteiger partial charge in [0.05, 0.1) is 31.6 Å². The van der Waals surface area contributed by atoms with Gasteiger partial charge in [-0.05, 0) is 25.8 Å². The molecular weight excluding hydrogens is 228 g/mol. The highest BCUT2D eigenvalue weighted by Gasteiger charge is 2.28. The van der Waals surface area contributed by atoms with E-state index in [0.717, 1.165) is 38.1 Å². The summed E-state index contributed by atoms with van der Waals surface area (Å²) in [6.07, 6.45) is 3.14. The molecule has 0 aliphatic carbocycles. The lowest BCUT2D eigenvalue weighted by Gasteiger charge is -2.30. The first-order valence-corrected chi connectivity index (χ1v) is 6.74. The molecule has 0 spiro atoms. The molecule has 4 heteroatoms. The second-order valence-corrected chi connectivity index (χ2v) is 5.18. The lowest BCUT2D eigenvalue weighted by Crippen LogP contribution is -2.33. The van der Waals surface area contributed by atoms with E-state index in [2.05, 4.69) is 16.0 Å². The van der Waals surface area contributed by atoms with Gasteiger partial charge in [0, 0.05) is 29.9 Å². The van der Waals surface area contributed by atoms with E-state index in [4.69, 9.17) is 4.74 Å². The molecule has 18 heavy (non-hydrogen) atoms. The number of hydrogen-bond acceptors (Lipinski definition) is 4. The molecule has 0 radical (unpaired) electrons. The van der Waals surface area contributed by atoms with Crippen molar-refractivity contribution < 1.29 is 9.84 Å².